The third-order valence-electron chi connectivity index (χ3n) is 7.11. The summed E-state index contributed by atoms with van der Waals surface area (Å²) in [5.74, 6) is 0.809. The Hall–Kier alpha value is -4.15. The molecule has 244 valence electrons. The largest absolute Gasteiger partial charge is 0.491 e. The van der Waals surface area contributed by atoms with Crippen molar-refractivity contribution in [3.8, 4) is 22.6 Å². The molecule has 0 spiro atoms. The second kappa shape index (κ2) is 18.1. The molecule has 0 bridgehead atoms. The first kappa shape index (κ1) is 34.7. The number of carbonyl (C=O) groups is 1. The Kier molecular flexibility index (Phi) is 13.7. The summed E-state index contributed by atoms with van der Waals surface area (Å²) >= 11 is 0. The number of halogens is 2. The predicted octanol–water partition coefficient (Wildman–Crippen LogP) is 7.89. The fourth-order valence-electron chi connectivity index (χ4n) is 4.70. The summed E-state index contributed by atoms with van der Waals surface area (Å²) in [6.07, 6.45) is 9.49. The number of allylic oxidation sites excluding steroid dienone is 1. The number of aryl methyl sites for hydroxylation is 1. The lowest BCUT2D eigenvalue weighted by molar-refractivity contribution is -0.113. The highest BCUT2D eigenvalue weighted by Crippen LogP contribution is 2.30. The Morgan fingerprint density at radius 1 is 0.957 bits per heavy atom. The highest BCUT2D eigenvalue weighted by molar-refractivity contribution is 7.84. The molecule has 0 saturated carbocycles. The van der Waals surface area contributed by atoms with Crippen LogP contribution in [0.2, 0.25) is 0 Å². The second-order valence-electron chi connectivity index (χ2n) is 10.7. The number of rotatable bonds is 19. The average Bonchev–Trinajstić information content (AvgIpc) is 3.49. The van der Waals surface area contributed by atoms with E-state index in [0.717, 1.165) is 54.8 Å². The number of benzene rings is 3. The van der Waals surface area contributed by atoms with Crippen molar-refractivity contribution in [3.63, 3.8) is 0 Å². The first-order chi connectivity index (χ1) is 22.4. The standard InChI is InChI=1S/C36H40F2N2O5S/c1-3-5-19-43-20-21-44-33-13-9-28(10-14-33)29-11-17-35(45-36(37)38)30(23-29)8-12-32(41)22-27-6-15-34(16-7-27)46(42)25-31-24-39-26-40(31)18-4-2/h6-17,23-24,26,36H,3-5,18-22,25H2,1-2H3/b12-8+/t46-/m1/s1. The summed E-state index contributed by atoms with van der Waals surface area (Å²) in [6.45, 7) is 3.68. The summed E-state index contributed by atoms with van der Waals surface area (Å²) in [4.78, 5) is 17.7. The average molecular weight is 651 g/mol. The number of aromatic nitrogens is 2. The van der Waals surface area contributed by atoms with Crippen LogP contribution in [0.15, 0.2) is 90.2 Å². The van der Waals surface area contributed by atoms with Gasteiger partial charge in [-0.15, -0.1) is 0 Å². The molecular weight excluding hydrogens is 610 g/mol. The summed E-state index contributed by atoms with van der Waals surface area (Å²) < 4.78 is 57.1. The molecule has 0 aliphatic heterocycles. The van der Waals surface area contributed by atoms with E-state index in [-0.39, 0.29) is 18.0 Å². The minimum atomic E-state index is -3.01. The van der Waals surface area contributed by atoms with Gasteiger partial charge >= 0.3 is 6.61 Å². The summed E-state index contributed by atoms with van der Waals surface area (Å²) in [6, 6.07) is 19.4. The van der Waals surface area contributed by atoms with E-state index >= 15 is 0 Å². The quantitative estimate of drug-likeness (QED) is 0.0759. The zero-order valence-corrected chi connectivity index (χ0v) is 27.0. The van der Waals surface area contributed by atoms with Gasteiger partial charge in [0.25, 0.3) is 0 Å². The van der Waals surface area contributed by atoms with Crippen LogP contribution in [0.5, 0.6) is 11.5 Å². The third kappa shape index (κ3) is 10.7. The van der Waals surface area contributed by atoms with Gasteiger partial charge in [0.2, 0.25) is 0 Å². The topological polar surface area (TPSA) is 79.7 Å². The molecule has 0 amide bonds. The number of ketones is 1. The maximum absolute atomic E-state index is 13.1. The van der Waals surface area contributed by atoms with Crippen molar-refractivity contribution < 1.29 is 32.0 Å². The summed E-state index contributed by atoms with van der Waals surface area (Å²) in [7, 11) is -1.25. The van der Waals surface area contributed by atoms with E-state index in [1.807, 2.05) is 28.8 Å². The molecule has 1 heterocycles. The molecule has 0 radical (unpaired) electrons. The van der Waals surface area contributed by atoms with Gasteiger partial charge in [-0.3, -0.25) is 9.00 Å². The molecule has 0 fully saturated rings. The Balaban J connectivity index is 1.38. The van der Waals surface area contributed by atoms with Crippen LogP contribution in [0.25, 0.3) is 17.2 Å². The number of imidazole rings is 1. The lowest BCUT2D eigenvalue weighted by Gasteiger charge is -2.11. The lowest BCUT2D eigenvalue weighted by Crippen LogP contribution is -2.07. The van der Waals surface area contributed by atoms with E-state index in [4.69, 9.17) is 14.2 Å². The van der Waals surface area contributed by atoms with Crippen LogP contribution in [-0.2, 0) is 39.0 Å². The van der Waals surface area contributed by atoms with E-state index in [0.29, 0.717) is 35.2 Å². The SMILES string of the molecule is CCCCOCCOc1ccc(-c2ccc(OC(F)F)c(/C=C/C(=O)Cc3ccc([S@](=O)Cc4cncn4CCC)cc3)c2)cc1. The summed E-state index contributed by atoms with van der Waals surface area (Å²) in [5.41, 5.74) is 3.63. The second-order valence-corrected chi connectivity index (χ2v) is 12.1. The van der Waals surface area contributed by atoms with E-state index < -0.39 is 17.4 Å². The van der Waals surface area contributed by atoms with Gasteiger partial charge in [0.15, 0.2) is 5.78 Å². The Morgan fingerprint density at radius 3 is 2.43 bits per heavy atom. The van der Waals surface area contributed by atoms with E-state index in [2.05, 4.69) is 18.8 Å². The van der Waals surface area contributed by atoms with Crippen molar-refractivity contribution >= 4 is 22.7 Å². The molecule has 0 aliphatic carbocycles. The van der Waals surface area contributed by atoms with Gasteiger partial charge in [-0.2, -0.15) is 8.78 Å². The fourth-order valence-corrected chi connectivity index (χ4v) is 5.82. The molecule has 4 rings (SSSR count). The molecule has 7 nitrogen and oxygen atoms in total. The van der Waals surface area contributed by atoms with Crippen LogP contribution in [0.1, 0.15) is 49.9 Å². The molecule has 46 heavy (non-hydrogen) atoms. The van der Waals surface area contributed by atoms with Crippen LogP contribution in [0, 0.1) is 0 Å². The van der Waals surface area contributed by atoms with Crippen molar-refractivity contribution in [2.75, 3.05) is 19.8 Å². The van der Waals surface area contributed by atoms with E-state index in [9.17, 15) is 17.8 Å². The fraction of sp³-hybridized carbons (Fsp3) is 0.333. The van der Waals surface area contributed by atoms with Gasteiger partial charge in [0.05, 0.1) is 35.2 Å². The van der Waals surface area contributed by atoms with E-state index in [1.54, 1.807) is 48.9 Å². The maximum atomic E-state index is 13.1. The van der Waals surface area contributed by atoms with Crippen molar-refractivity contribution in [3.05, 3.63) is 102 Å². The van der Waals surface area contributed by atoms with Crippen molar-refractivity contribution in [2.24, 2.45) is 0 Å². The Bertz CT molecular complexity index is 1590. The molecule has 0 aliphatic rings. The number of hydrogen-bond donors (Lipinski definition) is 0. The molecule has 1 atom stereocenters. The first-order valence-corrected chi connectivity index (χ1v) is 16.7. The highest BCUT2D eigenvalue weighted by Gasteiger charge is 2.12. The minimum absolute atomic E-state index is 0.0297. The Labute approximate surface area is 271 Å². The third-order valence-corrected chi connectivity index (χ3v) is 8.46. The number of ether oxygens (including phenoxy) is 3. The number of nitrogens with zero attached hydrogens (tertiary/aromatic N) is 2. The molecule has 3 aromatic carbocycles. The van der Waals surface area contributed by atoms with Crippen LogP contribution in [0.4, 0.5) is 8.78 Å². The van der Waals surface area contributed by atoms with Crippen molar-refractivity contribution in [2.45, 2.75) is 63.3 Å². The minimum Gasteiger partial charge on any atom is -0.491 e. The number of hydrogen-bond acceptors (Lipinski definition) is 6. The van der Waals surface area contributed by atoms with Gasteiger partial charge < -0.3 is 18.8 Å². The predicted molar refractivity (Wildman–Crippen MR) is 177 cm³/mol. The number of carbonyl (C=O) groups excluding carboxylic acids is 1. The first-order valence-electron chi connectivity index (χ1n) is 15.4. The van der Waals surface area contributed by atoms with Gasteiger partial charge in [-0.25, -0.2) is 4.98 Å². The highest BCUT2D eigenvalue weighted by atomic mass is 32.2. The van der Waals surface area contributed by atoms with Crippen LogP contribution < -0.4 is 9.47 Å². The molecular formula is C36H40F2N2O5S. The monoisotopic (exact) mass is 650 g/mol. The van der Waals surface area contributed by atoms with Crippen LogP contribution in [-0.4, -0.2) is 46.0 Å². The normalized spacial score (nSPS) is 12.1. The van der Waals surface area contributed by atoms with Crippen LogP contribution in [0.3, 0.4) is 0 Å². The molecule has 10 heteroatoms. The van der Waals surface area contributed by atoms with Gasteiger partial charge in [-0.05, 0) is 78.1 Å². The maximum Gasteiger partial charge on any atom is 0.387 e. The number of unbranched alkanes of at least 4 members (excludes halogenated alkanes) is 1. The molecule has 0 saturated heterocycles. The number of alkyl halides is 2. The van der Waals surface area contributed by atoms with E-state index in [1.165, 1.54) is 18.2 Å². The summed E-state index contributed by atoms with van der Waals surface area (Å²) in [5, 5.41) is 0. The molecule has 0 unspecified atom stereocenters. The van der Waals surface area contributed by atoms with Gasteiger partial charge in [-0.1, -0.05) is 50.6 Å². The zero-order valence-electron chi connectivity index (χ0n) is 26.2. The Morgan fingerprint density at radius 2 is 1.72 bits per heavy atom. The smallest absolute Gasteiger partial charge is 0.387 e. The lowest BCUT2D eigenvalue weighted by atomic mass is 10.0. The molecule has 1 aromatic heterocycles. The van der Waals surface area contributed by atoms with Gasteiger partial charge in [0, 0.05) is 36.2 Å². The van der Waals surface area contributed by atoms with Crippen LogP contribution >= 0.6 is 0 Å². The van der Waals surface area contributed by atoms with Crippen molar-refractivity contribution in [1.29, 1.82) is 0 Å². The molecule has 4 aromatic rings. The van der Waals surface area contributed by atoms with Crippen molar-refractivity contribution in [1.82, 2.24) is 9.55 Å². The van der Waals surface area contributed by atoms with Gasteiger partial charge in [0.1, 0.15) is 18.1 Å². The zero-order chi connectivity index (χ0) is 32.7. The molecule has 0 N–H and O–H groups in total.